The van der Waals surface area contributed by atoms with Crippen LogP contribution in [0.5, 0.6) is 0 Å². The molecule has 0 saturated heterocycles. The second-order valence-electron chi connectivity index (χ2n) is 4.42. The Labute approximate surface area is 126 Å². The van der Waals surface area contributed by atoms with Crippen LogP contribution in [0.1, 0.15) is 11.3 Å². The highest BCUT2D eigenvalue weighted by molar-refractivity contribution is 9.10. The van der Waals surface area contributed by atoms with E-state index in [1.807, 2.05) is 0 Å². The van der Waals surface area contributed by atoms with Gasteiger partial charge in [0.25, 0.3) is 0 Å². The maximum absolute atomic E-state index is 12.3. The molecule has 0 amide bonds. The summed E-state index contributed by atoms with van der Waals surface area (Å²) < 4.78 is 31.7. The molecule has 0 aliphatic carbocycles. The Morgan fingerprint density at radius 1 is 1.25 bits per heavy atom. The molecule has 1 aromatic carbocycles. The molecule has 2 aromatic rings. The Hall–Kier alpha value is -1.31. The SMILES string of the molecule is CN(Cc1ccc(Br)o1)S(=O)(=O)Cc1ccccc1N. The molecule has 2 N–H and O–H groups in total. The minimum absolute atomic E-state index is 0.127. The summed E-state index contributed by atoms with van der Waals surface area (Å²) in [5.74, 6) is 0.446. The molecule has 0 spiro atoms. The molecular weight excluding hydrogens is 344 g/mol. The Kier molecular flexibility index (Phi) is 4.52. The quantitative estimate of drug-likeness (QED) is 0.833. The molecule has 1 aromatic heterocycles. The number of furan rings is 1. The van der Waals surface area contributed by atoms with Crippen LogP contribution in [0.2, 0.25) is 0 Å². The summed E-state index contributed by atoms with van der Waals surface area (Å²) in [6.07, 6.45) is 0. The van der Waals surface area contributed by atoms with E-state index in [1.54, 1.807) is 36.4 Å². The fourth-order valence-corrected chi connectivity index (χ4v) is 3.27. The van der Waals surface area contributed by atoms with Crippen molar-refractivity contribution in [2.75, 3.05) is 12.8 Å². The zero-order valence-electron chi connectivity index (χ0n) is 10.9. The van der Waals surface area contributed by atoms with E-state index in [9.17, 15) is 8.42 Å². The Morgan fingerprint density at radius 3 is 2.55 bits per heavy atom. The minimum Gasteiger partial charge on any atom is -0.453 e. The van der Waals surface area contributed by atoms with Gasteiger partial charge in [-0.2, -0.15) is 4.31 Å². The minimum atomic E-state index is -3.45. The Balaban J connectivity index is 2.12. The van der Waals surface area contributed by atoms with Crippen LogP contribution in [-0.4, -0.2) is 19.8 Å². The number of nitrogens with two attached hydrogens (primary N) is 1. The van der Waals surface area contributed by atoms with E-state index >= 15 is 0 Å². The van der Waals surface area contributed by atoms with Crippen LogP contribution >= 0.6 is 15.9 Å². The first-order chi connectivity index (χ1) is 9.38. The highest BCUT2D eigenvalue weighted by Gasteiger charge is 2.20. The van der Waals surface area contributed by atoms with Crippen molar-refractivity contribution < 1.29 is 12.8 Å². The van der Waals surface area contributed by atoms with Gasteiger partial charge < -0.3 is 10.2 Å². The summed E-state index contributed by atoms with van der Waals surface area (Å²) in [5.41, 5.74) is 6.85. The van der Waals surface area contributed by atoms with Gasteiger partial charge in [-0.1, -0.05) is 18.2 Å². The van der Waals surface area contributed by atoms with Gasteiger partial charge in [-0.15, -0.1) is 0 Å². The number of halogens is 1. The zero-order valence-corrected chi connectivity index (χ0v) is 13.3. The predicted molar refractivity (Wildman–Crippen MR) is 81.4 cm³/mol. The average molecular weight is 359 g/mol. The monoisotopic (exact) mass is 358 g/mol. The number of para-hydroxylation sites is 1. The lowest BCUT2D eigenvalue weighted by atomic mass is 10.2. The van der Waals surface area contributed by atoms with Gasteiger partial charge in [-0.3, -0.25) is 0 Å². The first-order valence-corrected chi connectivity index (χ1v) is 8.30. The molecule has 0 aliphatic rings. The van der Waals surface area contributed by atoms with Crippen molar-refractivity contribution in [3.8, 4) is 0 Å². The maximum Gasteiger partial charge on any atom is 0.218 e. The maximum atomic E-state index is 12.3. The third-order valence-electron chi connectivity index (χ3n) is 2.88. The van der Waals surface area contributed by atoms with Gasteiger partial charge in [-0.05, 0) is 39.7 Å². The van der Waals surface area contributed by atoms with Gasteiger partial charge in [-0.25, -0.2) is 8.42 Å². The Morgan fingerprint density at radius 2 is 1.95 bits per heavy atom. The van der Waals surface area contributed by atoms with E-state index in [2.05, 4.69) is 15.9 Å². The number of anilines is 1. The molecule has 0 atom stereocenters. The number of hydrogen-bond donors (Lipinski definition) is 1. The zero-order chi connectivity index (χ0) is 14.8. The molecule has 7 heteroatoms. The van der Waals surface area contributed by atoms with Crippen LogP contribution < -0.4 is 5.73 Å². The van der Waals surface area contributed by atoms with Crippen LogP contribution in [0.4, 0.5) is 5.69 Å². The van der Waals surface area contributed by atoms with E-state index in [0.29, 0.717) is 21.7 Å². The first-order valence-electron chi connectivity index (χ1n) is 5.90. The van der Waals surface area contributed by atoms with Crippen LogP contribution in [0.25, 0.3) is 0 Å². The number of benzene rings is 1. The van der Waals surface area contributed by atoms with Crippen molar-refractivity contribution in [1.82, 2.24) is 4.31 Å². The number of rotatable bonds is 5. The smallest absolute Gasteiger partial charge is 0.218 e. The van der Waals surface area contributed by atoms with Gasteiger partial charge in [0.2, 0.25) is 10.0 Å². The normalized spacial score (nSPS) is 11.9. The van der Waals surface area contributed by atoms with Crippen molar-refractivity contribution in [2.45, 2.75) is 12.3 Å². The number of nitrogens with zero attached hydrogens (tertiary/aromatic N) is 1. The molecule has 0 radical (unpaired) electrons. The van der Waals surface area contributed by atoms with Crippen molar-refractivity contribution in [3.05, 3.63) is 52.4 Å². The summed E-state index contributed by atoms with van der Waals surface area (Å²) in [6.45, 7) is 0.181. The van der Waals surface area contributed by atoms with Crippen LogP contribution in [0.15, 0.2) is 45.5 Å². The van der Waals surface area contributed by atoms with Crippen molar-refractivity contribution >= 4 is 31.6 Å². The topological polar surface area (TPSA) is 76.5 Å². The van der Waals surface area contributed by atoms with Crippen LogP contribution in [0, 0.1) is 0 Å². The van der Waals surface area contributed by atoms with E-state index < -0.39 is 10.0 Å². The van der Waals surface area contributed by atoms with E-state index in [1.165, 1.54) is 11.4 Å². The summed E-state index contributed by atoms with van der Waals surface area (Å²) in [6, 6.07) is 10.4. The fraction of sp³-hybridized carbons (Fsp3) is 0.231. The van der Waals surface area contributed by atoms with Gasteiger partial charge in [0, 0.05) is 12.7 Å². The molecule has 0 unspecified atom stereocenters. The van der Waals surface area contributed by atoms with Crippen molar-refractivity contribution in [3.63, 3.8) is 0 Å². The number of nitrogen functional groups attached to an aromatic ring is 1. The molecule has 1 heterocycles. The third kappa shape index (κ3) is 3.62. The summed E-state index contributed by atoms with van der Waals surface area (Å²) in [4.78, 5) is 0. The lowest BCUT2D eigenvalue weighted by Crippen LogP contribution is -2.27. The van der Waals surface area contributed by atoms with E-state index in [-0.39, 0.29) is 12.3 Å². The van der Waals surface area contributed by atoms with E-state index in [0.717, 1.165) is 0 Å². The molecule has 2 rings (SSSR count). The molecule has 108 valence electrons. The van der Waals surface area contributed by atoms with Gasteiger partial charge in [0.05, 0.1) is 12.3 Å². The molecule has 5 nitrogen and oxygen atoms in total. The van der Waals surface area contributed by atoms with Gasteiger partial charge >= 0.3 is 0 Å². The van der Waals surface area contributed by atoms with Crippen molar-refractivity contribution in [1.29, 1.82) is 0 Å². The highest BCUT2D eigenvalue weighted by atomic mass is 79.9. The molecular formula is C13H15BrN2O3S. The van der Waals surface area contributed by atoms with Gasteiger partial charge in [0.1, 0.15) is 5.76 Å². The second-order valence-corrected chi connectivity index (χ2v) is 7.27. The standard InChI is InChI=1S/C13H15BrN2O3S/c1-16(8-11-6-7-13(14)19-11)20(17,18)9-10-4-2-3-5-12(10)15/h2-7H,8-9,15H2,1H3. The summed E-state index contributed by atoms with van der Waals surface area (Å²) >= 11 is 3.18. The third-order valence-corrected chi connectivity index (χ3v) is 5.06. The highest BCUT2D eigenvalue weighted by Crippen LogP contribution is 2.19. The molecule has 0 fully saturated rings. The van der Waals surface area contributed by atoms with Crippen molar-refractivity contribution in [2.24, 2.45) is 0 Å². The average Bonchev–Trinajstić information content (AvgIpc) is 2.77. The lowest BCUT2D eigenvalue weighted by Gasteiger charge is -2.16. The fourth-order valence-electron chi connectivity index (χ4n) is 1.73. The van der Waals surface area contributed by atoms with Crippen LogP contribution in [0.3, 0.4) is 0 Å². The Bertz CT molecular complexity index is 697. The number of sulfonamides is 1. The lowest BCUT2D eigenvalue weighted by molar-refractivity contribution is 0.398. The molecule has 20 heavy (non-hydrogen) atoms. The van der Waals surface area contributed by atoms with Crippen LogP contribution in [-0.2, 0) is 22.3 Å². The molecule has 0 saturated carbocycles. The molecule has 0 aliphatic heterocycles. The van der Waals surface area contributed by atoms with Gasteiger partial charge in [0.15, 0.2) is 4.67 Å². The second kappa shape index (κ2) is 5.99. The number of hydrogen-bond acceptors (Lipinski definition) is 4. The first kappa shape index (κ1) is 15.1. The molecule has 0 bridgehead atoms. The van der Waals surface area contributed by atoms with E-state index in [4.69, 9.17) is 10.2 Å². The predicted octanol–water partition coefficient (Wildman–Crippen LogP) is 2.59. The largest absolute Gasteiger partial charge is 0.453 e. The summed E-state index contributed by atoms with van der Waals surface area (Å²) in [7, 11) is -1.93. The summed E-state index contributed by atoms with van der Waals surface area (Å²) in [5, 5.41) is 0.